The molecule has 0 aliphatic carbocycles. The molecule has 0 saturated carbocycles. The number of hydrogen-bond donors (Lipinski definition) is 1. The lowest BCUT2D eigenvalue weighted by Gasteiger charge is -2.13. The van der Waals surface area contributed by atoms with Gasteiger partial charge >= 0.3 is 0 Å². The second-order valence-corrected chi connectivity index (χ2v) is 7.50. The SMILES string of the molecule is Cc1ccc(CC(O)c2cccc(S(C)(=O)=O)c2)cc1C. The van der Waals surface area contributed by atoms with Crippen molar-refractivity contribution in [1.29, 1.82) is 0 Å². The lowest BCUT2D eigenvalue weighted by molar-refractivity contribution is 0.178. The predicted molar refractivity (Wildman–Crippen MR) is 84.1 cm³/mol. The van der Waals surface area contributed by atoms with E-state index in [1.165, 1.54) is 17.4 Å². The number of benzene rings is 2. The molecule has 2 aromatic rings. The molecule has 1 atom stereocenters. The summed E-state index contributed by atoms with van der Waals surface area (Å²) in [5, 5.41) is 10.3. The highest BCUT2D eigenvalue weighted by atomic mass is 32.2. The summed E-state index contributed by atoms with van der Waals surface area (Å²) < 4.78 is 23.1. The summed E-state index contributed by atoms with van der Waals surface area (Å²) in [6.07, 6.45) is 0.921. The first kappa shape index (κ1) is 15.7. The van der Waals surface area contributed by atoms with E-state index in [2.05, 4.69) is 6.07 Å². The molecule has 0 aromatic heterocycles. The van der Waals surface area contributed by atoms with Gasteiger partial charge in [0.2, 0.25) is 0 Å². The second kappa shape index (κ2) is 6.00. The molecule has 4 heteroatoms. The summed E-state index contributed by atoms with van der Waals surface area (Å²) in [5.74, 6) is 0. The van der Waals surface area contributed by atoms with Crippen LogP contribution in [0.2, 0.25) is 0 Å². The van der Waals surface area contributed by atoms with Crippen LogP contribution in [0.25, 0.3) is 0 Å². The summed E-state index contributed by atoms with van der Waals surface area (Å²) >= 11 is 0. The van der Waals surface area contributed by atoms with E-state index >= 15 is 0 Å². The van der Waals surface area contributed by atoms with Gasteiger partial charge in [-0.1, -0.05) is 30.3 Å². The first-order valence-electron chi connectivity index (χ1n) is 6.81. The van der Waals surface area contributed by atoms with E-state index in [4.69, 9.17) is 0 Å². The summed E-state index contributed by atoms with van der Waals surface area (Å²) in [5.41, 5.74) is 4.06. The number of aryl methyl sites for hydroxylation is 2. The van der Waals surface area contributed by atoms with Crippen LogP contribution in [0, 0.1) is 13.8 Å². The maximum Gasteiger partial charge on any atom is 0.175 e. The molecular formula is C17H20O3S. The maximum atomic E-state index is 11.6. The van der Waals surface area contributed by atoms with E-state index in [0.29, 0.717) is 12.0 Å². The Morgan fingerprint density at radius 3 is 2.38 bits per heavy atom. The second-order valence-electron chi connectivity index (χ2n) is 5.48. The van der Waals surface area contributed by atoms with Crippen molar-refractivity contribution in [3.8, 4) is 0 Å². The Labute approximate surface area is 126 Å². The van der Waals surface area contributed by atoms with Crippen molar-refractivity contribution >= 4 is 9.84 Å². The minimum atomic E-state index is -3.26. The van der Waals surface area contributed by atoms with Crippen LogP contribution in [0.5, 0.6) is 0 Å². The van der Waals surface area contributed by atoms with E-state index in [1.54, 1.807) is 24.3 Å². The molecule has 3 nitrogen and oxygen atoms in total. The Kier molecular flexibility index (Phi) is 4.49. The third kappa shape index (κ3) is 3.93. The molecule has 1 N–H and O–H groups in total. The lowest BCUT2D eigenvalue weighted by Crippen LogP contribution is -2.04. The van der Waals surface area contributed by atoms with E-state index in [0.717, 1.165) is 5.56 Å². The van der Waals surface area contributed by atoms with Gasteiger partial charge in [0.15, 0.2) is 9.84 Å². The molecule has 112 valence electrons. The maximum absolute atomic E-state index is 11.6. The van der Waals surface area contributed by atoms with E-state index in [1.807, 2.05) is 26.0 Å². The smallest absolute Gasteiger partial charge is 0.175 e. The standard InChI is InChI=1S/C17H20O3S/c1-12-7-8-14(9-13(12)2)10-17(18)15-5-4-6-16(11-15)21(3,19)20/h4-9,11,17-18H,10H2,1-3H3. The van der Waals surface area contributed by atoms with Crippen molar-refractivity contribution in [3.63, 3.8) is 0 Å². The normalized spacial score (nSPS) is 13.1. The number of hydrogen-bond acceptors (Lipinski definition) is 3. The van der Waals surface area contributed by atoms with Crippen LogP contribution >= 0.6 is 0 Å². The van der Waals surface area contributed by atoms with E-state index < -0.39 is 15.9 Å². The van der Waals surface area contributed by atoms with Gasteiger partial charge in [-0.3, -0.25) is 0 Å². The van der Waals surface area contributed by atoms with Crippen molar-refractivity contribution in [2.24, 2.45) is 0 Å². The Bertz CT molecular complexity index is 748. The summed E-state index contributed by atoms with van der Waals surface area (Å²) in [4.78, 5) is 0.235. The zero-order valence-electron chi connectivity index (χ0n) is 12.5. The van der Waals surface area contributed by atoms with Gasteiger partial charge in [-0.25, -0.2) is 8.42 Å². The molecule has 2 rings (SSSR count). The van der Waals surface area contributed by atoms with Crippen LogP contribution in [0.15, 0.2) is 47.4 Å². The van der Waals surface area contributed by atoms with Crippen LogP contribution in [0.4, 0.5) is 0 Å². The summed E-state index contributed by atoms with van der Waals surface area (Å²) in [6.45, 7) is 4.08. The van der Waals surface area contributed by atoms with Crippen LogP contribution in [0.3, 0.4) is 0 Å². The van der Waals surface area contributed by atoms with Crippen molar-refractivity contribution in [3.05, 3.63) is 64.7 Å². The fraction of sp³-hybridized carbons (Fsp3) is 0.294. The molecule has 1 unspecified atom stereocenters. The molecular weight excluding hydrogens is 284 g/mol. The minimum absolute atomic E-state index is 0.235. The van der Waals surface area contributed by atoms with Gasteiger partial charge in [-0.2, -0.15) is 0 Å². The lowest BCUT2D eigenvalue weighted by atomic mass is 9.98. The molecule has 2 aromatic carbocycles. The average Bonchev–Trinajstić information content (AvgIpc) is 2.42. The van der Waals surface area contributed by atoms with Gasteiger partial charge in [0.25, 0.3) is 0 Å². The summed E-state index contributed by atoms with van der Waals surface area (Å²) in [6, 6.07) is 12.6. The van der Waals surface area contributed by atoms with Crippen molar-refractivity contribution in [1.82, 2.24) is 0 Å². The van der Waals surface area contributed by atoms with Crippen molar-refractivity contribution in [2.75, 3.05) is 6.26 Å². The monoisotopic (exact) mass is 304 g/mol. The van der Waals surface area contributed by atoms with E-state index in [9.17, 15) is 13.5 Å². The molecule has 0 radical (unpaired) electrons. The fourth-order valence-electron chi connectivity index (χ4n) is 2.22. The molecule has 21 heavy (non-hydrogen) atoms. The topological polar surface area (TPSA) is 54.4 Å². The zero-order chi connectivity index (χ0) is 15.6. The average molecular weight is 304 g/mol. The molecule has 0 spiro atoms. The molecule has 0 heterocycles. The summed E-state index contributed by atoms with van der Waals surface area (Å²) in [7, 11) is -3.26. The van der Waals surface area contributed by atoms with Gasteiger partial charge in [0, 0.05) is 12.7 Å². The number of aliphatic hydroxyl groups is 1. The Hall–Kier alpha value is -1.65. The molecule has 0 aliphatic heterocycles. The predicted octanol–water partition coefficient (Wildman–Crippen LogP) is 2.98. The quantitative estimate of drug-likeness (QED) is 0.944. The minimum Gasteiger partial charge on any atom is -0.388 e. The highest BCUT2D eigenvalue weighted by Gasteiger charge is 2.13. The Balaban J connectivity index is 2.24. The van der Waals surface area contributed by atoms with Crippen molar-refractivity contribution < 1.29 is 13.5 Å². The van der Waals surface area contributed by atoms with Crippen LogP contribution < -0.4 is 0 Å². The third-order valence-electron chi connectivity index (χ3n) is 3.67. The molecule has 0 fully saturated rings. The van der Waals surface area contributed by atoms with Crippen LogP contribution in [0.1, 0.15) is 28.4 Å². The molecule has 0 saturated heterocycles. The first-order valence-corrected chi connectivity index (χ1v) is 8.71. The first-order chi connectivity index (χ1) is 9.77. The fourth-order valence-corrected chi connectivity index (χ4v) is 2.90. The number of aliphatic hydroxyl groups excluding tert-OH is 1. The van der Waals surface area contributed by atoms with E-state index in [-0.39, 0.29) is 4.90 Å². The highest BCUT2D eigenvalue weighted by molar-refractivity contribution is 7.90. The third-order valence-corrected chi connectivity index (χ3v) is 4.78. The largest absolute Gasteiger partial charge is 0.388 e. The Morgan fingerprint density at radius 2 is 1.76 bits per heavy atom. The van der Waals surface area contributed by atoms with Crippen LogP contribution in [-0.2, 0) is 16.3 Å². The Morgan fingerprint density at radius 1 is 1.05 bits per heavy atom. The molecule has 0 bridgehead atoms. The van der Waals surface area contributed by atoms with Gasteiger partial charge in [0.1, 0.15) is 0 Å². The van der Waals surface area contributed by atoms with Gasteiger partial charge in [0.05, 0.1) is 11.0 Å². The van der Waals surface area contributed by atoms with Crippen LogP contribution in [-0.4, -0.2) is 19.8 Å². The van der Waals surface area contributed by atoms with Gasteiger partial charge in [-0.05, 0) is 48.2 Å². The molecule has 0 amide bonds. The van der Waals surface area contributed by atoms with Gasteiger partial charge in [-0.15, -0.1) is 0 Å². The molecule has 0 aliphatic rings. The van der Waals surface area contributed by atoms with Crippen molar-refractivity contribution in [2.45, 2.75) is 31.3 Å². The highest BCUT2D eigenvalue weighted by Crippen LogP contribution is 2.22. The van der Waals surface area contributed by atoms with Gasteiger partial charge < -0.3 is 5.11 Å². The number of rotatable bonds is 4. The zero-order valence-corrected chi connectivity index (χ0v) is 13.3. The number of sulfone groups is 1.